The maximum absolute atomic E-state index is 12.0. The van der Waals surface area contributed by atoms with Gasteiger partial charge < -0.3 is 10.1 Å². The molecule has 0 atom stereocenters. The summed E-state index contributed by atoms with van der Waals surface area (Å²) in [5, 5.41) is 2.84. The SMILES string of the molecule is COCCCNC(=O)c1cccc(Cl)c1NS(C)(=O)=O. The highest BCUT2D eigenvalue weighted by atomic mass is 35.5. The van der Waals surface area contributed by atoms with Gasteiger partial charge in [0.1, 0.15) is 0 Å². The number of rotatable bonds is 7. The maximum atomic E-state index is 12.0. The summed E-state index contributed by atoms with van der Waals surface area (Å²) in [5.74, 6) is -0.394. The van der Waals surface area contributed by atoms with Gasteiger partial charge in [-0.05, 0) is 18.6 Å². The number of halogens is 1. The second-order valence-corrected chi connectivity index (χ2v) is 6.29. The zero-order chi connectivity index (χ0) is 15.2. The van der Waals surface area contributed by atoms with Crippen molar-refractivity contribution >= 4 is 33.2 Å². The van der Waals surface area contributed by atoms with Gasteiger partial charge in [-0.2, -0.15) is 0 Å². The average Bonchev–Trinajstić information content (AvgIpc) is 2.35. The van der Waals surface area contributed by atoms with Gasteiger partial charge in [-0.25, -0.2) is 8.42 Å². The van der Waals surface area contributed by atoms with Crippen molar-refractivity contribution in [3.05, 3.63) is 28.8 Å². The van der Waals surface area contributed by atoms with E-state index in [0.29, 0.717) is 19.6 Å². The van der Waals surface area contributed by atoms with Gasteiger partial charge in [-0.3, -0.25) is 9.52 Å². The van der Waals surface area contributed by atoms with Crippen molar-refractivity contribution in [1.82, 2.24) is 5.32 Å². The molecule has 0 spiro atoms. The fourth-order valence-corrected chi connectivity index (χ4v) is 2.38. The molecule has 0 radical (unpaired) electrons. The number of sulfonamides is 1. The third-order valence-electron chi connectivity index (χ3n) is 2.36. The number of ether oxygens (including phenoxy) is 1. The zero-order valence-corrected chi connectivity index (χ0v) is 12.8. The molecule has 0 saturated carbocycles. The number of nitrogens with one attached hydrogen (secondary N) is 2. The molecule has 6 nitrogen and oxygen atoms in total. The lowest BCUT2D eigenvalue weighted by molar-refractivity contribution is 0.0949. The van der Waals surface area contributed by atoms with E-state index < -0.39 is 15.9 Å². The van der Waals surface area contributed by atoms with Crippen molar-refractivity contribution in [1.29, 1.82) is 0 Å². The lowest BCUT2D eigenvalue weighted by Crippen LogP contribution is -2.26. The first-order chi connectivity index (χ1) is 9.35. The number of carbonyl (C=O) groups is 1. The molecule has 1 amide bonds. The van der Waals surface area contributed by atoms with E-state index in [1.165, 1.54) is 12.1 Å². The van der Waals surface area contributed by atoms with Gasteiger partial charge in [0.15, 0.2) is 0 Å². The van der Waals surface area contributed by atoms with Crippen LogP contribution in [-0.4, -0.2) is 40.8 Å². The summed E-state index contributed by atoms with van der Waals surface area (Å²) >= 11 is 5.94. The molecular formula is C12H17ClN2O4S. The van der Waals surface area contributed by atoms with Crippen molar-refractivity contribution in [2.75, 3.05) is 31.2 Å². The monoisotopic (exact) mass is 320 g/mol. The molecule has 0 aliphatic carbocycles. The Morgan fingerprint density at radius 3 is 2.70 bits per heavy atom. The van der Waals surface area contributed by atoms with Gasteiger partial charge in [0, 0.05) is 20.3 Å². The first-order valence-corrected chi connectivity index (χ1v) is 8.15. The Balaban J connectivity index is 2.88. The number of hydrogen-bond acceptors (Lipinski definition) is 4. The van der Waals surface area contributed by atoms with Crippen LogP contribution < -0.4 is 10.0 Å². The van der Waals surface area contributed by atoms with Crippen LogP contribution in [0, 0.1) is 0 Å². The predicted molar refractivity (Wildman–Crippen MR) is 78.7 cm³/mol. The number of carbonyl (C=O) groups excluding carboxylic acids is 1. The molecule has 2 N–H and O–H groups in total. The number of anilines is 1. The highest BCUT2D eigenvalue weighted by Crippen LogP contribution is 2.26. The van der Waals surface area contributed by atoms with E-state index in [2.05, 4.69) is 10.0 Å². The molecular weight excluding hydrogens is 304 g/mol. The third-order valence-corrected chi connectivity index (χ3v) is 3.25. The van der Waals surface area contributed by atoms with Crippen molar-refractivity contribution in [3.63, 3.8) is 0 Å². The summed E-state index contributed by atoms with van der Waals surface area (Å²) in [6.07, 6.45) is 1.66. The molecule has 20 heavy (non-hydrogen) atoms. The Bertz CT molecular complexity index is 575. The predicted octanol–water partition coefficient (Wildman–Crippen LogP) is 1.48. The molecule has 0 aromatic heterocycles. The second-order valence-electron chi connectivity index (χ2n) is 4.14. The van der Waals surface area contributed by atoms with Crippen molar-refractivity contribution < 1.29 is 17.9 Å². The topological polar surface area (TPSA) is 84.5 Å². The Hall–Kier alpha value is -1.31. The molecule has 1 aromatic carbocycles. The highest BCUT2D eigenvalue weighted by molar-refractivity contribution is 7.92. The minimum absolute atomic E-state index is 0.0842. The standard InChI is InChI=1S/C12H17ClN2O4S/c1-19-8-4-7-14-12(16)9-5-3-6-10(13)11(9)15-20(2,17)18/h3,5-6,15H,4,7-8H2,1-2H3,(H,14,16). The molecule has 0 aliphatic heterocycles. The summed E-state index contributed by atoms with van der Waals surface area (Å²) in [6.45, 7) is 0.960. The van der Waals surface area contributed by atoms with E-state index in [0.717, 1.165) is 6.26 Å². The van der Waals surface area contributed by atoms with Crippen LogP contribution >= 0.6 is 11.6 Å². The average molecular weight is 321 g/mol. The Morgan fingerprint density at radius 2 is 2.10 bits per heavy atom. The fourth-order valence-electron chi connectivity index (χ4n) is 1.52. The van der Waals surface area contributed by atoms with E-state index in [1.54, 1.807) is 13.2 Å². The summed E-state index contributed by atoms with van der Waals surface area (Å²) in [7, 11) is -1.94. The molecule has 0 aliphatic rings. The molecule has 0 unspecified atom stereocenters. The number of methoxy groups -OCH3 is 1. The van der Waals surface area contributed by atoms with E-state index in [4.69, 9.17) is 16.3 Å². The first kappa shape index (κ1) is 16.7. The van der Waals surface area contributed by atoms with Crippen molar-refractivity contribution in [3.8, 4) is 0 Å². The molecule has 0 fully saturated rings. The number of hydrogen-bond donors (Lipinski definition) is 2. The molecule has 1 rings (SSSR count). The second kappa shape index (κ2) is 7.47. The van der Waals surface area contributed by atoms with Gasteiger partial charge in [0.25, 0.3) is 5.91 Å². The lowest BCUT2D eigenvalue weighted by atomic mass is 10.1. The third kappa shape index (κ3) is 5.36. The van der Waals surface area contributed by atoms with E-state index in [9.17, 15) is 13.2 Å². The molecule has 1 aromatic rings. The number of para-hydroxylation sites is 1. The quantitative estimate of drug-likeness (QED) is 0.745. The summed E-state index contributed by atoms with van der Waals surface area (Å²) < 4.78 is 29.7. The summed E-state index contributed by atoms with van der Waals surface area (Å²) in [4.78, 5) is 12.0. The van der Waals surface area contributed by atoms with Gasteiger partial charge >= 0.3 is 0 Å². The lowest BCUT2D eigenvalue weighted by Gasteiger charge is -2.12. The van der Waals surface area contributed by atoms with E-state index in [-0.39, 0.29) is 16.3 Å². The van der Waals surface area contributed by atoms with Crippen LogP contribution in [0.5, 0.6) is 0 Å². The Kier molecular flexibility index (Phi) is 6.25. The molecule has 0 saturated heterocycles. The Morgan fingerprint density at radius 1 is 1.40 bits per heavy atom. The highest BCUT2D eigenvalue weighted by Gasteiger charge is 2.16. The van der Waals surface area contributed by atoms with Crippen LogP contribution in [-0.2, 0) is 14.8 Å². The summed E-state index contributed by atoms with van der Waals surface area (Å²) in [5.41, 5.74) is 0.265. The molecule has 112 valence electrons. The first-order valence-electron chi connectivity index (χ1n) is 5.88. The summed E-state index contributed by atoms with van der Waals surface area (Å²) in [6, 6.07) is 4.60. The molecule has 8 heteroatoms. The smallest absolute Gasteiger partial charge is 0.253 e. The van der Waals surface area contributed by atoms with Crippen molar-refractivity contribution in [2.45, 2.75) is 6.42 Å². The largest absolute Gasteiger partial charge is 0.385 e. The minimum Gasteiger partial charge on any atom is -0.385 e. The fraction of sp³-hybridized carbons (Fsp3) is 0.417. The van der Waals surface area contributed by atoms with Gasteiger partial charge in [-0.15, -0.1) is 0 Å². The van der Waals surface area contributed by atoms with Crippen LogP contribution in [0.3, 0.4) is 0 Å². The minimum atomic E-state index is -3.52. The van der Waals surface area contributed by atoms with Gasteiger partial charge in [0.2, 0.25) is 10.0 Å². The number of amides is 1. The molecule has 0 bridgehead atoms. The molecule has 0 heterocycles. The normalized spacial score (nSPS) is 11.2. The van der Waals surface area contributed by atoms with Crippen LogP contribution in [0.15, 0.2) is 18.2 Å². The van der Waals surface area contributed by atoms with E-state index >= 15 is 0 Å². The van der Waals surface area contributed by atoms with Crippen LogP contribution in [0.4, 0.5) is 5.69 Å². The zero-order valence-electron chi connectivity index (χ0n) is 11.3. The Labute approximate surface area is 123 Å². The number of benzene rings is 1. The van der Waals surface area contributed by atoms with E-state index in [1.807, 2.05) is 0 Å². The van der Waals surface area contributed by atoms with Crippen molar-refractivity contribution in [2.24, 2.45) is 0 Å². The van der Waals surface area contributed by atoms with Gasteiger partial charge in [-0.1, -0.05) is 17.7 Å². The van der Waals surface area contributed by atoms with Gasteiger partial charge in [0.05, 0.1) is 22.5 Å². The van der Waals surface area contributed by atoms with Crippen LogP contribution in [0.25, 0.3) is 0 Å². The maximum Gasteiger partial charge on any atom is 0.253 e. The van der Waals surface area contributed by atoms with Crippen LogP contribution in [0.2, 0.25) is 5.02 Å². The van der Waals surface area contributed by atoms with Crippen LogP contribution in [0.1, 0.15) is 16.8 Å².